The molecule has 1 saturated heterocycles. The van der Waals surface area contributed by atoms with Gasteiger partial charge in [-0.05, 0) is 38.1 Å². The zero-order valence-corrected chi connectivity index (χ0v) is 12.2. The summed E-state index contributed by atoms with van der Waals surface area (Å²) in [5.41, 5.74) is 5.48. The fourth-order valence-electron chi connectivity index (χ4n) is 3.09. The maximum Gasteiger partial charge on any atom is 0.0853 e. The molecular formula is C14H30N2O. The molecule has 1 fully saturated rings. The van der Waals surface area contributed by atoms with Crippen LogP contribution in [0.1, 0.15) is 47.0 Å². The van der Waals surface area contributed by atoms with E-state index in [4.69, 9.17) is 5.73 Å². The highest BCUT2D eigenvalue weighted by molar-refractivity contribution is 5.07. The van der Waals surface area contributed by atoms with Crippen LogP contribution in [0.25, 0.3) is 0 Å². The lowest BCUT2D eigenvalue weighted by Gasteiger charge is -2.51. The number of aliphatic hydroxyl groups is 1. The van der Waals surface area contributed by atoms with Crippen molar-refractivity contribution >= 4 is 0 Å². The molecule has 1 aliphatic rings. The van der Waals surface area contributed by atoms with Crippen LogP contribution in [0.2, 0.25) is 0 Å². The molecule has 1 aliphatic heterocycles. The van der Waals surface area contributed by atoms with Crippen molar-refractivity contribution in [3.63, 3.8) is 0 Å². The molecule has 0 aromatic carbocycles. The number of hydrogen-bond donors (Lipinski definition) is 2. The Morgan fingerprint density at radius 1 is 1.24 bits per heavy atom. The van der Waals surface area contributed by atoms with Gasteiger partial charge in [0.1, 0.15) is 0 Å². The lowest BCUT2D eigenvalue weighted by Crippen LogP contribution is -2.67. The van der Waals surface area contributed by atoms with Crippen LogP contribution in [0.5, 0.6) is 0 Å². The monoisotopic (exact) mass is 242 g/mol. The van der Waals surface area contributed by atoms with Crippen LogP contribution in [-0.2, 0) is 0 Å². The summed E-state index contributed by atoms with van der Waals surface area (Å²) < 4.78 is 0. The van der Waals surface area contributed by atoms with Crippen molar-refractivity contribution in [1.29, 1.82) is 0 Å². The highest BCUT2D eigenvalue weighted by Gasteiger charge is 2.50. The SMILES string of the molecule is CC(C)CC(N)(C(C)C)C1(O)CCN(C)CC1. The molecule has 3 heteroatoms. The Morgan fingerprint density at radius 2 is 1.71 bits per heavy atom. The van der Waals surface area contributed by atoms with E-state index in [1.165, 1.54) is 0 Å². The van der Waals surface area contributed by atoms with Crippen LogP contribution >= 0.6 is 0 Å². The first-order chi connectivity index (χ1) is 7.71. The third kappa shape index (κ3) is 3.01. The Kier molecular flexibility index (Phi) is 4.61. The number of nitrogens with two attached hydrogens (primary N) is 1. The lowest BCUT2D eigenvalue weighted by atomic mass is 9.65. The molecule has 0 spiro atoms. The average Bonchev–Trinajstić information content (AvgIpc) is 2.21. The zero-order chi connectivity index (χ0) is 13.3. The van der Waals surface area contributed by atoms with Crippen LogP contribution in [0.15, 0.2) is 0 Å². The van der Waals surface area contributed by atoms with Crippen LogP contribution in [-0.4, -0.2) is 41.3 Å². The largest absolute Gasteiger partial charge is 0.388 e. The Balaban J connectivity index is 2.89. The summed E-state index contributed by atoms with van der Waals surface area (Å²) >= 11 is 0. The minimum absolute atomic E-state index is 0.304. The van der Waals surface area contributed by atoms with Gasteiger partial charge in [-0.3, -0.25) is 0 Å². The highest BCUT2D eigenvalue weighted by Crippen LogP contribution is 2.39. The third-order valence-electron chi connectivity index (χ3n) is 4.46. The molecule has 0 saturated carbocycles. The van der Waals surface area contributed by atoms with Crippen LogP contribution in [0.3, 0.4) is 0 Å². The lowest BCUT2D eigenvalue weighted by molar-refractivity contribution is -0.0998. The second kappa shape index (κ2) is 5.25. The Morgan fingerprint density at radius 3 is 2.06 bits per heavy atom. The smallest absolute Gasteiger partial charge is 0.0853 e. The van der Waals surface area contributed by atoms with Crippen molar-refractivity contribution in [2.45, 2.75) is 58.1 Å². The minimum atomic E-state index is -0.696. The maximum atomic E-state index is 11.0. The maximum absolute atomic E-state index is 11.0. The van der Waals surface area contributed by atoms with E-state index in [1.807, 2.05) is 0 Å². The van der Waals surface area contributed by atoms with Gasteiger partial charge in [-0.25, -0.2) is 0 Å². The number of rotatable bonds is 4. The van der Waals surface area contributed by atoms with Crippen LogP contribution < -0.4 is 5.73 Å². The van der Waals surface area contributed by atoms with Crippen LogP contribution in [0.4, 0.5) is 0 Å². The van der Waals surface area contributed by atoms with E-state index in [2.05, 4.69) is 39.6 Å². The summed E-state index contributed by atoms with van der Waals surface area (Å²) in [6.07, 6.45) is 2.49. The molecule has 102 valence electrons. The first kappa shape index (κ1) is 14.9. The van der Waals surface area contributed by atoms with Crippen molar-refractivity contribution in [3.05, 3.63) is 0 Å². The molecule has 1 atom stereocenters. The Hall–Kier alpha value is -0.120. The van der Waals surface area contributed by atoms with Crippen molar-refractivity contribution in [2.24, 2.45) is 17.6 Å². The Bertz CT molecular complexity index is 245. The van der Waals surface area contributed by atoms with Gasteiger partial charge in [-0.1, -0.05) is 27.7 Å². The molecule has 17 heavy (non-hydrogen) atoms. The van der Waals surface area contributed by atoms with Crippen molar-refractivity contribution in [1.82, 2.24) is 4.90 Å². The van der Waals surface area contributed by atoms with E-state index in [-0.39, 0.29) is 0 Å². The fourth-order valence-corrected chi connectivity index (χ4v) is 3.09. The first-order valence-corrected chi connectivity index (χ1v) is 6.91. The highest BCUT2D eigenvalue weighted by atomic mass is 16.3. The normalized spacial score (nSPS) is 25.2. The predicted molar refractivity (Wildman–Crippen MR) is 72.9 cm³/mol. The molecule has 1 heterocycles. The van der Waals surface area contributed by atoms with Gasteiger partial charge in [-0.15, -0.1) is 0 Å². The quantitative estimate of drug-likeness (QED) is 0.791. The Labute approximate surface area is 106 Å². The summed E-state index contributed by atoms with van der Waals surface area (Å²) in [5.74, 6) is 0.824. The molecule has 1 unspecified atom stereocenters. The summed E-state index contributed by atoms with van der Waals surface area (Å²) in [7, 11) is 2.11. The average molecular weight is 242 g/mol. The van der Waals surface area contributed by atoms with E-state index in [9.17, 15) is 5.11 Å². The summed E-state index contributed by atoms with van der Waals surface area (Å²) in [6, 6.07) is 0. The van der Waals surface area contributed by atoms with Gasteiger partial charge in [0.05, 0.1) is 5.60 Å². The molecule has 0 aromatic heterocycles. The van der Waals surface area contributed by atoms with Gasteiger partial charge in [0.2, 0.25) is 0 Å². The minimum Gasteiger partial charge on any atom is -0.388 e. The molecule has 3 nitrogen and oxygen atoms in total. The molecular weight excluding hydrogens is 212 g/mol. The second-order valence-corrected chi connectivity index (χ2v) is 6.63. The van der Waals surface area contributed by atoms with E-state index in [1.54, 1.807) is 0 Å². The number of nitrogens with zero attached hydrogens (tertiary/aromatic N) is 1. The first-order valence-electron chi connectivity index (χ1n) is 6.91. The molecule has 3 N–H and O–H groups in total. The van der Waals surface area contributed by atoms with Crippen LogP contribution in [0, 0.1) is 11.8 Å². The van der Waals surface area contributed by atoms with E-state index in [0.29, 0.717) is 11.8 Å². The molecule has 0 bridgehead atoms. The third-order valence-corrected chi connectivity index (χ3v) is 4.46. The second-order valence-electron chi connectivity index (χ2n) is 6.63. The van der Waals surface area contributed by atoms with Crippen molar-refractivity contribution in [2.75, 3.05) is 20.1 Å². The van der Waals surface area contributed by atoms with E-state index < -0.39 is 11.1 Å². The predicted octanol–water partition coefficient (Wildman–Crippen LogP) is 1.84. The molecule has 0 radical (unpaired) electrons. The van der Waals surface area contributed by atoms with E-state index >= 15 is 0 Å². The summed E-state index contributed by atoms with van der Waals surface area (Å²) in [6.45, 7) is 10.5. The van der Waals surface area contributed by atoms with Gasteiger partial charge in [0.25, 0.3) is 0 Å². The number of likely N-dealkylation sites (tertiary alicyclic amines) is 1. The van der Waals surface area contributed by atoms with Crippen molar-refractivity contribution in [3.8, 4) is 0 Å². The zero-order valence-electron chi connectivity index (χ0n) is 12.2. The van der Waals surface area contributed by atoms with E-state index in [0.717, 1.165) is 32.4 Å². The van der Waals surface area contributed by atoms with Gasteiger partial charge >= 0.3 is 0 Å². The number of hydrogen-bond acceptors (Lipinski definition) is 3. The topological polar surface area (TPSA) is 49.5 Å². The summed E-state index contributed by atoms with van der Waals surface area (Å²) in [5, 5.41) is 11.0. The molecule has 0 aliphatic carbocycles. The van der Waals surface area contributed by atoms with Gasteiger partial charge in [0.15, 0.2) is 0 Å². The molecule has 0 amide bonds. The van der Waals surface area contributed by atoms with Gasteiger partial charge in [0, 0.05) is 18.6 Å². The fraction of sp³-hybridized carbons (Fsp3) is 1.00. The summed E-state index contributed by atoms with van der Waals surface area (Å²) in [4.78, 5) is 2.27. The molecule has 0 aromatic rings. The molecule has 1 rings (SSSR count). The standard InChI is InChI=1S/C14H30N2O/c1-11(2)10-14(15,12(3)4)13(17)6-8-16(5)9-7-13/h11-12,17H,6-10,15H2,1-5H3. The van der Waals surface area contributed by atoms with Crippen molar-refractivity contribution < 1.29 is 5.11 Å². The van der Waals surface area contributed by atoms with Gasteiger partial charge < -0.3 is 15.7 Å². The number of piperidine rings is 1. The van der Waals surface area contributed by atoms with Gasteiger partial charge in [-0.2, -0.15) is 0 Å².